The summed E-state index contributed by atoms with van der Waals surface area (Å²) >= 11 is 0. The molecule has 1 heterocycles. The minimum atomic E-state index is -2.85. The fraction of sp³-hybridized carbons (Fsp3) is 0.900. The van der Waals surface area contributed by atoms with Crippen molar-refractivity contribution in [1.29, 1.82) is 0 Å². The molecule has 5 nitrogen and oxygen atoms in total. The number of hydrogen-bond acceptors (Lipinski definition) is 4. The van der Waals surface area contributed by atoms with Crippen molar-refractivity contribution < 1.29 is 13.2 Å². The van der Waals surface area contributed by atoms with E-state index in [0.29, 0.717) is 25.9 Å². The quantitative estimate of drug-likeness (QED) is 0.688. The third-order valence-electron chi connectivity index (χ3n) is 3.04. The number of hydrogen-bond donors (Lipinski definition) is 2. The second-order valence-corrected chi connectivity index (χ2v) is 6.58. The van der Waals surface area contributed by atoms with Gasteiger partial charge in [0.1, 0.15) is 0 Å². The minimum Gasteiger partial charge on any atom is -0.356 e. The molecule has 0 aromatic carbocycles. The average molecular weight is 248 g/mol. The number of amides is 1. The van der Waals surface area contributed by atoms with Gasteiger partial charge in [-0.15, -0.1) is 0 Å². The Morgan fingerprint density at radius 3 is 2.69 bits per heavy atom. The summed E-state index contributed by atoms with van der Waals surface area (Å²) in [6, 6.07) is 0. The Bertz CT molecular complexity index is 336. The normalized spacial score (nSPS) is 25.2. The molecule has 1 saturated heterocycles. The van der Waals surface area contributed by atoms with Gasteiger partial charge in [-0.1, -0.05) is 6.92 Å². The molecule has 0 aromatic rings. The summed E-state index contributed by atoms with van der Waals surface area (Å²) in [5.74, 6) is 0.311. The topological polar surface area (TPSA) is 89.3 Å². The largest absolute Gasteiger partial charge is 0.356 e. The van der Waals surface area contributed by atoms with Crippen LogP contribution in [0.3, 0.4) is 0 Å². The van der Waals surface area contributed by atoms with Crippen LogP contribution in [0.5, 0.6) is 0 Å². The lowest BCUT2D eigenvalue weighted by atomic mass is 10.1. The molecule has 2 atom stereocenters. The third kappa shape index (κ3) is 3.75. The monoisotopic (exact) mass is 248 g/mol. The Morgan fingerprint density at radius 1 is 1.56 bits per heavy atom. The molecule has 0 bridgehead atoms. The molecule has 1 aliphatic heterocycles. The van der Waals surface area contributed by atoms with Crippen LogP contribution in [0.15, 0.2) is 0 Å². The Morgan fingerprint density at radius 2 is 2.25 bits per heavy atom. The van der Waals surface area contributed by atoms with Gasteiger partial charge in [0.25, 0.3) is 0 Å². The first-order chi connectivity index (χ1) is 7.48. The fourth-order valence-electron chi connectivity index (χ4n) is 1.88. The van der Waals surface area contributed by atoms with Crippen molar-refractivity contribution in [3.05, 3.63) is 0 Å². The van der Waals surface area contributed by atoms with Crippen molar-refractivity contribution in [2.75, 3.05) is 24.6 Å². The predicted molar refractivity (Wildman–Crippen MR) is 62.6 cm³/mol. The number of carbonyl (C=O) groups excluding carboxylic acids is 1. The van der Waals surface area contributed by atoms with Gasteiger partial charge in [0.2, 0.25) is 5.91 Å². The van der Waals surface area contributed by atoms with Gasteiger partial charge in [0.15, 0.2) is 9.84 Å². The van der Waals surface area contributed by atoms with E-state index in [1.165, 1.54) is 0 Å². The molecule has 16 heavy (non-hydrogen) atoms. The van der Waals surface area contributed by atoms with Crippen LogP contribution in [0, 0.1) is 11.8 Å². The predicted octanol–water partition coefficient (Wildman–Crippen LogP) is -0.478. The van der Waals surface area contributed by atoms with Gasteiger partial charge in [-0.3, -0.25) is 4.79 Å². The molecule has 0 spiro atoms. The summed E-state index contributed by atoms with van der Waals surface area (Å²) in [6.45, 7) is 2.71. The van der Waals surface area contributed by atoms with Crippen LogP contribution in [0.4, 0.5) is 0 Å². The Balaban J connectivity index is 2.33. The van der Waals surface area contributed by atoms with Crippen LogP contribution in [-0.4, -0.2) is 38.9 Å². The zero-order valence-corrected chi connectivity index (χ0v) is 10.4. The van der Waals surface area contributed by atoms with Crippen molar-refractivity contribution in [2.24, 2.45) is 17.6 Å². The van der Waals surface area contributed by atoms with E-state index in [-0.39, 0.29) is 29.2 Å². The van der Waals surface area contributed by atoms with Crippen LogP contribution in [0.25, 0.3) is 0 Å². The van der Waals surface area contributed by atoms with Crippen molar-refractivity contribution in [3.8, 4) is 0 Å². The minimum absolute atomic E-state index is 0.0608. The van der Waals surface area contributed by atoms with E-state index in [2.05, 4.69) is 5.32 Å². The zero-order valence-electron chi connectivity index (χ0n) is 9.61. The molecule has 0 aromatic heterocycles. The summed E-state index contributed by atoms with van der Waals surface area (Å²) < 4.78 is 22.4. The van der Waals surface area contributed by atoms with E-state index in [4.69, 9.17) is 5.73 Å². The first-order valence-electron chi connectivity index (χ1n) is 5.66. The van der Waals surface area contributed by atoms with Crippen molar-refractivity contribution >= 4 is 15.7 Å². The van der Waals surface area contributed by atoms with Gasteiger partial charge < -0.3 is 11.1 Å². The zero-order chi connectivity index (χ0) is 12.2. The molecule has 0 saturated carbocycles. The van der Waals surface area contributed by atoms with E-state index in [1.54, 1.807) is 0 Å². The molecule has 6 heteroatoms. The van der Waals surface area contributed by atoms with E-state index in [0.717, 1.165) is 0 Å². The summed E-state index contributed by atoms with van der Waals surface area (Å²) in [7, 11) is -2.85. The van der Waals surface area contributed by atoms with Gasteiger partial charge in [-0.05, 0) is 18.8 Å². The van der Waals surface area contributed by atoms with E-state index in [1.807, 2.05) is 6.92 Å². The summed E-state index contributed by atoms with van der Waals surface area (Å²) in [4.78, 5) is 11.6. The average Bonchev–Trinajstić information content (AvgIpc) is 2.57. The van der Waals surface area contributed by atoms with Crippen LogP contribution < -0.4 is 11.1 Å². The molecule has 1 fully saturated rings. The Labute approximate surface area is 96.7 Å². The van der Waals surface area contributed by atoms with Crippen molar-refractivity contribution in [2.45, 2.75) is 19.8 Å². The van der Waals surface area contributed by atoms with Gasteiger partial charge in [-0.2, -0.15) is 0 Å². The maximum Gasteiger partial charge on any atom is 0.224 e. The number of rotatable bonds is 5. The highest BCUT2D eigenvalue weighted by Crippen LogP contribution is 2.17. The summed E-state index contributed by atoms with van der Waals surface area (Å²) in [5.41, 5.74) is 5.45. The van der Waals surface area contributed by atoms with Gasteiger partial charge in [0.05, 0.1) is 11.5 Å². The number of carbonyl (C=O) groups is 1. The van der Waals surface area contributed by atoms with Crippen LogP contribution >= 0.6 is 0 Å². The van der Waals surface area contributed by atoms with Crippen molar-refractivity contribution in [3.63, 3.8) is 0 Å². The molecular formula is C10H20N2O3S. The molecule has 94 valence electrons. The standard InChI is InChI=1S/C10H20N2O3S/c1-2-9(5-11)10(13)12-6-8-3-4-16(14,15)7-8/h8-9H,2-7,11H2,1H3,(H,12,13). The highest BCUT2D eigenvalue weighted by molar-refractivity contribution is 7.91. The first kappa shape index (κ1) is 13.4. The lowest BCUT2D eigenvalue weighted by Crippen LogP contribution is -2.37. The van der Waals surface area contributed by atoms with Gasteiger partial charge in [-0.25, -0.2) is 8.42 Å². The molecule has 0 radical (unpaired) electrons. The highest BCUT2D eigenvalue weighted by Gasteiger charge is 2.28. The Hall–Kier alpha value is -0.620. The highest BCUT2D eigenvalue weighted by atomic mass is 32.2. The number of nitrogens with one attached hydrogen (secondary N) is 1. The molecule has 3 N–H and O–H groups in total. The molecule has 0 aliphatic carbocycles. The Kier molecular flexibility index (Phi) is 4.73. The second-order valence-electron chi connectivity index (χ2n) is 4.36. The molecule has 1 aliphatic rings. The molecule has 2 unspecified atom stereocenters. The number of nitrogens with two attached hydrogens (primary N) is 1. The molecular weight excluding hydrogens is 228 g/mol. The van der Waals surface area contributed by atoms with Gasteiger partial charge in [0, 0.05) is 19.0 Å². The second kappa shape index (κ2) is 5.63. The van der Waals surface area contributed by atoms with E-state index >= 15 is 0 Å². The maximum atomic E-state index is 11.6. The lowest BCUT2D eigenvalue weighted by Gasteiger charge is -2.14. The first-order valence-corrected chi connectivity index (χ1v) is 7.49. The third-order valence-corrected chi connectivity index (χ3v) is 4.88. The SMILES string of the molecule is CCC(CN)C(=O)NCC1CCS(=O)(=O)C1. The van der Waals surface area contributed by atoms with Gasteiger partial charge >= 0.3 is 0 Å². The van der Waals surface area contributed by atoms with E-state index in [9.17, 15) is 13.2 Å². The molecule has 1 rings (SSSR count). The molecule has 1 amide bonds. The summed E-state index contributed by atoms with van der Waals surface area (Å²) in [6.07, 6.45) is 1.37. The van der Waals surface area contributed by atoms with Crippen LogP contribution in [-0.2, 0) is 14.6 Å². The summed E-state index contributed by atoms with van der Waals surface area (Å²) in [5, 5.41) is 2.78. The number of sulfone groups is 1. The smallest absolute Gasteiger partial charge is 0.224 e. The van der Waals surface area contributed by atoms with Crippen LogP contribution in [0.2, 0.25) is 0 Å². The van der Waals surface area contributed by atoms with Crippen LogP contribution in [0.1, 0.15) is 19.8 Å². The lowest BCUT2D eigenvalue weighted by molar-refractivity contribution is -0.124. The van der Waals surface area contributed by atoms with Crippen molar-refractivity contribution in [1.82, 2.24) is 5.32 Å². The fourth-order valence-corrected chi connectivity index (χ4v) is 3.74. The van der Waals surface area contributed by atoms with E-state index < -0.39 is 9.84 Å². The maximum absolute atomic E-state index is 11.6.